The standard InChI is InChI=1S/C12H19ClN2O/c1-8(7-16)15(3)10-4-5-11(9(2)14)12(13)6-10/h4-6,8-9,16H,7,14H2,1-3H3. The van der Waals surface area contributed by atoms with Gasteiger partial charge in [0.05, 0.1) is 6.61 Å². The van der Waals surface area contributed by atoms with Gasteiger partial charge >= 0.3 is 0 Å². The van der Waals surface area contributed by atoms with E-state index in [1.165, 1.54) is 0 Å². The van der Waals surface area contributed by atoms with Gasteiger partial charge in [0.15, 0.2) is 0 Å². The molecular formula is C12H19ClN2O. The zero-order chi connectivity index (χ0) is 12.3. The maximum atomic E-state index is 9.08. The van der Waals surface area contributed by atoms with Crippen LogP contribution in [0.3, 0.4) is 0 Å². The summed E-state index contributed by atoms with van der Waals surface area (Å²) in [5.41, 5.74) is 7.71. The molecule has 0 aliphatic carbocycles. The molecule has 3 nitrogen and oxygen atoms in total. The lowest BCUT2D eigenvalue weighted by atomic mass is 10.1. The lowest BCUT2D eigenvalue weighted by Crippen LogP contribution is -2.31. The normalized spacial score (nSPS) is 14.6. The SMILES string of the molecule is CC(N)c1ccc(N(C)C(C)CO)cc1Cl. The Morgan fingerprint density at radius 1 is 1.44 bits per heavy atom. The number of nitrogens with two attached hydrogens (primary N) is 1. The van der Waals surface area contributed by atoms with Crippen molar-refractivity contribution in [3.05, 3.63) is 28.8 Å². The van der Waals surface area contributed by atoms with Crippen molar-refractivity contribution in [2.75, 3.05) is 18.6 Å². The summed E-state index contributed by atoms with van der Waals surface area (Å²) in [4.78, 5) is 1.98. The fourth-order valence-electron chi connectivity index (χ4n) is 1.48. The van der Waals surface area contributed by atoms with Crippen LogP contribution < -0.4 is 10.6 Å². The summed E-state index contributed by atoms with van der Waals surface area (Å²) >= 11 is 6.15. The summed E-state index contributed by atoms with van der Waals surface area (Å²) in [7, 11) is 1.93. The van der Waals surface area contributed by atoms with E-state index in [-0.39, 0.29) is 18.7 Å². The third-order valence-electron chi connectivity index (χ3n) is 2.81. The Bertz CT molecular complexity index is 355. The first kappa shape index (κ1) is 13.3. The van der Waals surface area contributed by atoms with Crippen molar-refractivity contribution in [1.82, 2.24) is 0 Å². The Labute approximate surface area is 102 Å². The number of aliphatic hydroxyl groups excluding tert-OH is 1. The van der Waals surface area contributed by atoms with Crippen LogP contribution in [0.1, 0.15) is 25.5 Å². The third-order valence-corrected chi connectivity index (χ3v) is 3.13. The molecule has 16 heavy (non-hydrogen) atoms. The fourth-order valence-corrected chi connectivity index (χ4v) is 1.83. The maximum absolute atomic E-state index is 9.08. The van der Waals surface area contributed by atoms with Gasteiger partial charge in [-0.15, -0.1) is 0 Å². The van der Waals surface area contributed by atoms with Crippen LogP contribution >= 0.6 is 11.6 Å². The third kappa shape index (κ3) is 2.88. The molecule has 0 aliphatic heterocycles. The largest absolute Gasteiger partial charge is 0.394 e. The second-order valence-corrected chi connectivity index (χ2v) is 4.54. The molecule has 0 spiro atoms. The highest BCUT2D eigenvalue weighted by Crippen LogP contribution is 2.27. The zero-order valence-electron chi connectivity index (χ0n) is 9.94. The number of aliphatic hydroxyl groups is 1. The summed E-state index contributed by atoms with van der Waals surface area (Å²) in [6.07, 6.45) is 0. The minimum atomic E-state index is -0.0675. The summed E-state index contributed by atoms with van der Waals surface area (Å²) in [5, 5.41) is 9.75. The lowest BCUT2D eigenvalue weighted by Gasteiger charge is -2.26. The number of hydrogen-bond acceptors (Lipinski definition) is 3. The van der Waals surface area contributed by atoms with Gasteiger partial charge < -0.3 is 15.7 Å². The van der Waals surface area contributed by atoms with E-state index in [0.29, 0.717) is 5.02 Å². The number of anilines is 1. The predicted octanol–water partition coefficient (Wildman–Crippen LogP) is 2.18. The molecule has 0 fully saturated rings. The van der Waals surface area contributed by atoms with E-state index in [9.17, 15) is 0 Å². The molecule has 0 radical (unpaired) electrons. The van der Waals surface area contributed by atoms with Crippen LogP contribution in [0.2, 0.25) is 5.02 Å². The number of likely N-dealkylation sites (N-methyl/N-ethyl adjacent to an activating group) is 1. The van der Waals surface area contributed by atoms with Crippen molar-refractivity contribution in [1.29, 1.82) is 0 Å². The molecule has 3 N–H and O–H groups in total. The summed E-state index contributed by atoms with van der Waals surface area (Å²) in [6, 6.07) is 5.78. The minimum absolute atomic E-state index is 0.0669. The molecule has 0 aliphatic rings. The molecule has 90 valence electrons. The molecule has 1 aromatic carbocycles. The number of nitrogens with zero attached hydrogens (tertiary/aromatic N) is 1. The van der Waals surface area contributed by atoms with E-state index in [1.807, 2.05) is 44.0 Å². The average molecular weight is 243 g/mol. The second-order valence-electron chi connectivity index (χ2n) is 4.14. The Balaban J connectivity index is 2.97. The van der Waals surface area contributed by atoms with E-state index in [0.717, 1.165) is 11.3 Å². The Morgan fingerprint density at radius 2 is 2.06 bits per heavy atom. The molecule has 0 amide bonds. The van der Waals surface area contributed by atoms with Gasteiger partial charge in [0, 0.05) is 29.8 Å². The number of hydrogen-bond donors (Lipinski definition) is 2. The topological polar surface area (TPSA) is 49.5 Å². The van der Waals surface area contributed by atoms with E-state index >= 15 is 0 Å². The first-order valence-electron chi connectivity index (χ1n) is 5.36. The van der Waals surface area contributed by atoms with Crippen molar-refractivity contribution in [2.24, 2.45) is 5.73 Å². The number of halogens is 1. The molecule has 0 bridgehead atoms. The predicted molar refractivity (Wildman–Crippen MR) is 69.0 cm³/mol. The summed E-state index contributed by atoms with van der Waals surface area (Å²) in [5.74, 6) is 0. The zero-order valence-corrected chi connectivity index (χ0v) is 10.7. The van der Waals surface area contributed by atoms with E-state index in [1.54, 1.807) is 0 Å². The fraction of sp³-hybridized carbons (Fsp3) is 0.500. The molecule has 0 aromatic heterocycles. The number of rotatable bonds is 4. The highest BCUT2D eigenvalue weighted by molar-refractivity contribution is 6.31. The monoisotopic (exact) mass is 242 g/mol. The van der Waals surface area contributed by atoms with Crippen LogP contribution in [-0.4, -0.2) is 24.8 Å². The average Bonchev–Trinajstić information content (AvgIpc) is 2.26. The van der Waals surface area contributed by atoms with E-state index in [4.69, 9.17) is 22.4 Å². The van der Waals surface area contributed by atoms with Crippen LogP contribution in [0.15, 0.2) is 18.2 Å². The lowest BCUT2D eigenvalue weighted by molar-refractivity contribution is 0.270. The molecule has 2 unspecified atom stereocenters. The van der Waals surface area contributed by atoms with Crippen LogP contribution in [0.25, 0.3) is 0 Å². The van der Waals surface area contributed by atoms with Crippen molar-refractivity contribution in [3.63, 3.8) is 0 Å². The first-order chi connectivity index (χ1) is 7.47. The molecule has 0 heterocycles. The van der Waals surface area contributed by atoms with E-state index < -0.39 is 0 Å². The van der Waals surface area contributed by atoms with Gasteiger partial charge in [-0.1, -0.05) is 17.7 Å². The molecule has 0 saturated heterocycles. The van der Waals surface area contributed by atoms with Gasteiger partial charge in [-0.05, 0) is 31.5 Å². The van der Waals surface area contributed by atoms with Gasteiger partial charge in [-0.25, -0.2) is 0 Å². The number of benzene rings is 1. The maximum Gasteiger partial charge on any atom is 0.0632 e. The molecule has 0 saturated carbocycles. The van der Waals surface area contributed by atoms with Crippen molar-refractivity contribution >= 4 is 17.3 Å². The molecular weight excluding hydrogens is 224 g/mol. The van der Waals surface area contributed by atoms with Crippen molar-refractivity contribution < 1.29 is 5.11 Å². The Hall–Kier alpha value is -0.770. The van der Waals surface area contributed by atoms with Crippen LogP contribution in [0, 0.1) is 0 Å². The van der Waals surface area contributed by atoms with E-state index in [2.05, 4.69) is 0 Å². The Kier molecular flexibility index (Phi) is 4.59. The molecule has 1 aromatic rings. The van der Waals surface area contributed by atoms with Crippen molar-refractivity contribution in [2.45, 2.75) is 25.9 Å². The molecule has 1 rings (SSSR count). The molecule has 2 atom stereocenters. The summed E-state index contributed by atoms with van der Waals surface area (Å²) < 4.78 is 0. The van der Waals surface area contributed by atoms with Gasteiger partial charge in [0.25, 0.3) is 0 Å². The van der Waals surface area contributed by atoms with Gasteiger partial charge in [-0.3, -0.25) is 0 Å². The summed E-state index contributed by atoms with van der Waals surface area (Å²) in [6.45, 7) is 3.97. The highest BCUT2D eigenvalue weighted by Gasteiger charge is 2.11. The highest BCUT2D eigenvalue weighted by atomic mass is 35.5. The Morgan fingerprint density at radius 3 is 2.50 bits per heavy atom. The van der Waals surface area contributed by atoms with Gasteiger partial charge in [-0.2, -0.15) is 0 Å². The van der Waals surface area contributed by atoms with Gasteiger partial charge in [0.1, 0.15) is 0 Å². The van der Waals surface area contributed by atoms with Crippen molar-refractivity contribution in [3.8, 4) is 0 Å². The van der Waals surface area contributed by atoms with Crippen LogP contribution in [-0.2, 0) is 0 Å². The van der Waals surface area contributed by atoms with Gasteiger partial charge in [0.2, 0.25) is 0 Å². The second kappa shape index (κ2) is 5.53. The van der Waals surface area contributed by atoms with Crippen LogP contribution in [0.5, 0.6) is 0 Å². The first-order valence-corrected chi connectivity index (χ1v) is 5.74. The van der Waals surface area contributed by atoms with Crippen LogP contribution in [0.4, 0.5) is 5.69 Å². The molecule has 4 heteroatoms. The smallest absolute Gasteiger partial charge is 0.0632 e. The quantitative estimate of drug-likeness (QED) is 0.851. The minimum Gasteiger partial charge on any atom is -0.394 e.